The smallest absolute Gasteiger partial charge is 0.251 e. The second kappa shape index (κ2) is 7.62. The van der Waals surface area contributed by atoms with Crippen LogP contribution in [0.5, 0.6) is 5.75 Å². The number of carbonyl (C=O) groups is 1. The number of hydrogen-bond donors (Lipinski definition) is 2. The number of nitrogens with one attached hydrogen (secondary N) is 1. The van der Waals surface area contributed by atoms with Crippen LogP contribution in [0.1, 0.15) is 40.9 Å². The molecule has 1 aromatic carbocycles. The summed E-state index contributed by atoms with van der Waals surface area (Å²) in [6.07, 6.45) is 2.98. The number of hydrogen-bond acceptors (Lipinski definition) is 4. The summed E-state index contributed by atoms with van der Waals surface area (Å²) in [5, 5.41) is 14.6. The number of amides is 1. The van der Waals surface area contributed by atoms with Gasteiger partial charge in [0.1, 0.15) is 12.4 Å². The summed E-state index contributed by atoms with van der Waals surface area (Å²) in [5.74, 6) is 0.623. The van der Waals surface area contributed by atoms with E-state index < -0.39 is 0 Å². The van der Waals surface area contributed by atoms with Crippen molar-refractivity contribution in [2.24, 2.45) is 0 Å². The van der Waals surface area contributed by atoms with Crippen LogP contribution in [0.15, 0.2) is 41.8 Å². The maximum Gasteiger partial charge on any atom is 0.251 e. The molecule has 0 saturated heterocycles. The lowest BCUT2D eigenvalue weighted by molar-refractivity contribution is 0.0867. The predicted octanol–water partition coefficient (Wildman–Crippen LogP) is 3.36. The quantitative estimate of drug-likeness (QED) is 0.883. The van der Waals surface area contributed by atoms with Crippen molar-refractivity contribution in [1.29, 1.82) is 0 Å². The van der Waals surface area contributed by atoms with Crippen molar-refractivity contribution in [3.05, 3.63) is 52.2 Å². The van der Waals surface area contributed by atoms with Crippen LogP contribution < -0.4 is 10.1 Å². The molecule has 23 heavy (non-hydrogen) atoms. The summed E-state index contributed by atoms with van der Waals surface area (Å²) in [4.78, 5) is 13.5. The minimum atomic E-state index is -0.211. The molecule has 0 spiro atoms. The van der Waals surface area contributed by atoms with Crippen LogP contribution in [0, 0.1) is 0 Å². The van der Waals surface area contributed by atoms with E-state index in [1.807, 2.05) is 29.6 Å². The fourth-order valence-corrected chi connectivity index (χ4v) is 3.38. The van der Waals surface area contributed by atoms with Crippen LogP contribution in [-0.4, -0.2) is 23.2 Å². The minimum Gasteiger partial charge on any atom is -0.488 e. The minimum absolute atomic E-state index is 0.0760. The summed E-state index contributed by atoms with van der Waals surface area (Å²) < 4.78 is 5.74. The van der Waals surface area contributed by atoms with Crippen LogP contribution in [-0.2, 0) is 6.61 Å². The number of carbonyl (C=O) groups excluding carboxylic acids is 1. The second-order valence-corrected chi connectivity index (χ2v) is 6.91. The third-order valence-corrected chi connectivity index (χ3v) is 4.94. The molecule has 122 valence electrons. The highest BCUT2D eigenvalue weighted by Gasteiger charge is 2.21. The van der Waals surface area contributed by atoms with E-state index in [1.165, 1.54) is 0 Å². The van der Waals surface area contributed by atoms with Crippen molar-refractivity contribution in [3.63, 3.8) is 0 Å². The average Bonchev–Trinajstić information content (AvgIpc) is 3.09. The van der Waals surface area contributed by atoms with E-state index in [1.54, 1.807) is 23.5 Å². The Morgan fingerprint density at radius 1 is 1.22 bits per heavy atom. The molecule has 2 N–H and O–H groups in total. The molecular formula is C18H21NO3S. The number of ether oxygens (including phenoxy) is 1. The summed E-state index contributed by atoms with van der Waals surface area (Å²) in [5.41, 5.74) is 0.611. The molecule has 0 aliphatic heterocycles. The maximum absolute atomic E-state index is 12.4. The van der Waals surface area contributed by atoms with Gasteiger partial charge in [-0.25, -0.2) is 0 Å². The molecule has 1 heterocycles. The molecule has 1 fully saturated rings. The third kappa shape index (κ3) is 4.56. The van der Waals surface area contributed by atoms with Crippen molar-refractivity contribution < 1.29 is 14.6 Å². The zero-order valence-corrected chi connectivity index (χ0v) is 13.7. The number of aliphatic hydroxyl groups excluding tert-OH is 1. The highest BCUT2D eigenvalue weighted by atomic mass is 32.1. The van der Waals surface area contributed by atoms with Crippen molar-refractivity contribution in [1.82, 2.24) is 5.32 Å². The molecule has 1 aliphatic rings. The lowest BCUT2D eigenvalue weighted by atomic mass is 9.93. The topological polar surface area (TPSA) is 58.6 Å². The normalized spacial score (nSPS) is 20.9. The van der Waals surface area contributed by atoms with Gasteiger partial charge in [-0.3, -0.25) is 4.79 Å². The van der Waals surface area contributed by atoms with Gasteiger partial charge in [-0.2, -0.15) is 0 Å². The van der Waals surface area contributed by atoms with Gasteiger partial charge in [-0.1, -0.05) is 12.1 Å². The molecule has 1 saturated carbocycles. The van der Waals surface area contributed by atoms with E-state index in [0.717, 1.165) is 30.6 Å². The molecule has 5 heteroatoms. The van der Waals surface area contributed by atoms with E-state index >= 15 is 0 Å². The average molecular weight is 331 g/mol. The van der Waals surface area contributed by atoms with Crippen LogP contribution in [0.2, 0.25) is 0 Å². The molecular weight excluding hydrogens is 310 g/mol. The van der Waals surface area contributed by atoms with E-state index in [9.17, 15) is 9.90 Å². The lowest BCUT2D eigenvalue weighted by Crippen LogP contribution is -2.38. The molecule has 0 radical (unpaired) electrons. The van der Waals surface area contributed by atoms with Gasteiger partial charge in [0.2, 0.25) is 0 Å². The number of aliphatic hydroxyl groups is 1. The van der Waals surface area contributed by atoms with Crippen LogP contribution >= 0.6 is 11.3 Å². The third-order valence-electron chi connectivity index (χ3n) is 4.09. The van der Waals surface area contributed by atoms with Gasteiger partial charge in [0.15, 0.2) is 0 Å². The highest BCUT2D eigenvalue weighted by Crippen LogP contribution is 2.20. The van der Waals surface area contributed by atoms with Crippen molar-refractivity contribution in [2.45, 2.75) is 44.4 Å². The van der Waals surface area contributed by atoms with Gasteiger partial charge < -0.3 is 15.2 Å². The standard InChI is InChI=1S/C18H21NO3S/c20-15-8-6-14(7-9-15)19-18(21)13-3-1-4-16(11-13)22-12-17-5-2-10-23-17/h1-5,10-11,14-15,20H,6-9,12H2,(H,19,21). The van der Waals surface area contributed by atoms with Crippen molar-refractivity contribution in [3.8, 4) is 5.75 Å². The first kappa shape index (κ1) is 16.0. The Morgan fingerprint density at radius 3 is 2.78 bits per heavy atom. The number of benzene rings is 1. The Hall–Kier alpha value is -1.85. The molecule has 1 amide bonds. The summed E-state index contributed by atoms with van der Waals surface area (Å²) in [7, 11) is 0. The Kier molecular flexibility index (Phi) is 5.31. The van der Waals surface area contributed by atoms with Crippen LogP contribution in [0.4, 0.5) is 0 Å². The molecule has 1 aromatic heterocycles. The largest absolute Gasteiger partial charge is 0.488 e. The molecule has 0 unspecified atom stereocenters. The van der Waals surface area contributed by atoms with Gasteiger partial charge in [0, 0.05) is 16.5 Å². The van der Waals surface area contributed by atoms with Crippen molar-refractivity contribution >= 4 is 17.2 Å². The van der Waals surface area contributed by atoms with Gasteiger partial charge in [-0.15, -0.1) is 11.3 Å². The zero-order valence-electron chi connectivity index (χ0n) is 12.9. The lowest BCUT2D eigenvalue weighted by Gasteiger charge is -2.26. The van der Waals surface area contributed by atoms with Crippen LogP contribution in [0.25, 0.3) is 0 Å². The van der Waals surface area contributed by atoms with Gasteiger partial charge >= 0.3 is 0 Å². The SMILES string of the molecule is O=C(NC1CCC(O)CC1)c1cccc(OCc2cccs2)c1. The van der Waals surface area contributed by atoms with Gasteiger partial charge in [-0.05, 0) is 55.3 Å². The fraction of sp³-hybridized carbons (Fsp3) is 0.389. The first-order chi connectivity index (χ1) is 11.2. The second-order valence-electron chi connectivity index (χ2n) is 5.87. The maximum atomic E-state index is 12.4. The molecule has 2 aromatic rings. The fourth-order valence-electron chi connectivity index (χ4n) is 2.77. The van der Waals surface area contributed by atoms with E-state index in [0.29, 0.717) is 17.9 Å². The Bertz CT molecular complexity index is 633. The van der Waals surface area contributed by atoms with E-state index in [4.69, 9.17) is 4.74 Å². The van der Waals surface area contributed by atoms with Crippen LogP contribution in [0.3, 0.4) is 0 Å². The number of rotatable bonds is 5. The Morgan fingerprint density at radius 2 is 2.04 bits per heavy atom. The van der Waals surface area contributed by atoms with E-state index in [2.05, 4.69) is 5.32 Å². The number of thiophene rings is 1. The molecule has 4 nitrogen and oxygen atoms in total. The molecule has 1 aliphatic carbocycles. The zero-order chi connectivity index (χ0) is 16.1. The highest BCUT2D eigenvalue weighted by molar-refractivity contribution is 7.09. The molecule has 0 atom stereocenters. The first-order valence-electron chi connectivity index (χ1n) is 7.95. The summed E-state index contributed by atoms with van der Waals surface area (Å²) in [6, 6.07) is 11.4. The monoisotopic (exact) mass is 331 g/mol. The Labute approximate surface area is 140 Å². The summed E-state index contributed by atoms with van der Waals surface area (Å²) >= 11 is 1.65. The Balaban J connectivity index is 1.56. The van der Waals surface area contributed by atoms with E-state index in [-0.39, 0.29) is 18.1 Å². The molecule has 3 rings (SSSR count). The van der Waals surface area contributed by atoms with Crippen molar-refractivity contribution in [2.75, 3.05) is 0 Å². The van der Waals surface area contributed by atoms with Gasteiger partial charge in [0.25, 0.3) is 5.91 Å². The first-order valence-corrected chi connectivity index (χ1v) is 8.83. The summed E-state index contributed by atoms with van der Waals surface area (Å²) in [6.45, 7) is 0.517. The van der Waals surface area contributed by atoms with Gasteiger partial charge in [0.05, 0.1) is 6.10 Å². The molecule has 0 bridgehead atoms. The predicted molar refractivity (Wildman–Crippen MR) is 90.8 cm³/mol.